The number of halogens is 3. The minimum absolute atomic E-state index is 0.112. The Hall–Kier alpha value is -2.03. The Morgan fingerprint density at radius 3 is 2.52 bits per heavy atom. The van der Waals surface area contributed by atoms with Gasteiger partial charge in [-0.05, 0) is 31.5 Å². The van der Waals surface area contributed by atoms with Gasteiger partial charge in [0.25, 0.3) is 16.4 Å². The molecule has 2 aromatic rings. The van der Waals surface area contributed by atoms with Gasteiger partial charge in [0.15, 0.2) is 5.69 Å². The van der Waals surface area contributed by atoms with E-state index in [1.54, 1.807) is 6.92 Å². The predicted octanol–water partition coefficient (Wildman–Crippen LogP) is 2.90. The van der Waals surface area contributed by atoms with Gasteiger partial charge in [-0.3, -0.25) is 9.82 Å². The Balaban J connectivity index is 2.45. The summed E-state index contributed by atoms with van der Waals surface area (Å²) in [6.45, 7) is 2.98. The average Bonchev–Trinajstić information content (AvgIpc) is 2.70. The first kappa shape index (κ1) is 15.4. The number of hydrogen-bond donors (Lipinski definition) is 2. The van der Waals surface area contributed by atoms with E-state index in [2.05, 4.69) is 10.2 Å². The van der Waals surface area contributed by atoms with Crippen molar-refractivity contribution in [3.8, 4) is 0 Å². The van der Waals surface area contributed by atoms with Gasteiger partial charge in [-0.1, -0.05) is 6.07 Å². The number of hydrogen-bond acceptors (Lipinski definition) is 3. The van der Waals surface area contributed by atoms with Crippen molar-refractivity contribution in [3.05, 3.63) is 41.0 Å². The maximum absolute atomic E-state index is 13.7. The van der Waals surface area contributed by atoms with Gasteiger partial charge < -0.3 is 0 Å². The van der Waals surface area contributed by atoms with Gasteiger partial charge in [0.05, 0.1) is 11.4 Å². The first-order valence-corrected chi connectivity index (χ1v) is 7.32. The molecule has 0 unspecified atom stereocenters. The number of rotatable bonds is 4. The number of nitrogens with one attached hydrogen (secondary N) is 2. The van der Waals surface area contributed by atoms with E-state index < -0.39 is 32.9 Å². The van der Waals surface area contributed by atoms with Crippen LogP contribution in [0.2, 0.25) is 0 Å². The number of aromatic nitrogens is 2. The molecule has 0 radical (unpaired) electrons. The van der Waals surface area contributed by atoms with Gasteiger partial charge in [-0.2, -0.15) is 5.10 Å². The van der Waals surface area contributed by atoms with Crippen LogP contribution in [0.4, 0.5) is 18.9 Å². The van der Waals surface area contributed by atoms with Crippen LogP contribution in [0.15, 0.2) is 23.1 Å². The molecule has 0 aliphatic rings. The van der Waals surface area contributed by atoms with Crippen LogP contribution in [0.3, 0.4) is 0 Å². The molecule has 5 nitrogen and oxygen atoms in total. The van der Waals surface area contributed by atoms with E-state index in [0.29, 0.717) is 5.56 Å². The molecule has 1 aromatic carbocycles. The van der Waals surface area contributed by atoms with Crippen molar-refractivity contribution in [2.75, 3.05) is 4.72 Å². The second kappa shape index (κ2) is 5.40. The lowest BCUT2D eigenvalue weighted by Gasteiger charge is -2.10. The van der Waals surface area contributed by atoms with Crippen molar-refractivity contribution in [2.45, 2.75) is 25.2 Å². The molecule has 0 spiro atoms. The quantitative estimate of drug-likeness (QED) is 0.910. The summed E-state index contributed by atoms with van der Waals surface area (Å²) in [5, 5.41) is 5.60. The molecule has 0 fully saturated rings. The monoisotopic (exact) mass is 319 g/mol. The predicted molar refractivity (Wildman–Crippen MR) is 70.2 cm³/mol. The van der Waals surface area contributed by atoms with Gasteiger partial charge in [0.1, 0.15) is 10.7 Å². The molecular weight excluding hydrogens is 307 g/mol. The minimum atomic E-state index is -4.33. The number of aryl methyl sites for hydroxylation is 2. The van der Waals surface area contributed by atoms with E-state index in [1.807, 2.05) is 4.72 Å². The molecule has 114 valence electrons. The third-order valence-electron chi connectivity index (χ3n) is 2.80. The number of benzene rings is 1. The summed E-state index contributed by atoms with van der Waals surface area (Å²) in [4.78, 5) is -0.617. The summed E-state index contributed by atoms with van der Waals surface area (Å²) in [6.07, 6.45) is -2.96. The van der Waals surface area contributed by atoms with E-state index >= 15 is 0 Å². The number of sulfonamides is 1. The maximum atomic E-state index is 13.7. The molecule has 21 heavy (non-hydrogen) atoms. The lowest BCUT2D eigenvalue weighted by molar-refractivity contribution is 0.147. The zero-order valence-corrected chi connectivity index (χ0v) is 11.9. The number of alkyl halides is 2. The Labute approximate surface area is 119 Å². The smallest absolute Gasteiger partial charge is 0.280 e. The van der Waals surface area contributed by atoms with Gasteiger partial charge in [0.2, 0.25) is 0 Å². The molecule has 0 saturated heterocycles. The first-order chi connectivity index (χ1) is 9.72. The fourth-order valence-corrected chi connectivity index (χ4v) is 2.95. The number of nitrogens with zero attached hydrogens (tertiary/aromatic N) is 1. The topological polar surface area (TPSA) is 74.8 Å². The highest BCUT2D eigenvalue weighted by atomic mass is 32.2. The second-order valence-electron chi connectivity index (χ2n) is 4.45. The molecule has 0 aliphatic heterocycles. The van der Waals surface area contributed by atoms with Crippen LogP contribution in [0.5, 0.6) is 0 Å². The van der Waals surface area contributed by atoms with E-state index in [4.69, 9.17) is 0 Å². The Bertz CT molecular complexity index is 772. The van der Waals surface area contributed by atoms with Crippen molar-refractivity contribution < 1.29 is 21.6 Å². The van der Waals surface area contributed by atoms with Crippen LogP contribution in [-0.4, -0.2) is 18.6 Å². The summed E-state index contributed by atoms with van der Waals surface area (Å²) < 4.78 is 65.5. The minimum Gasteiger partial charge on any atom is -0.280 e. The number of aromatic amines is 1. The third-order valence-corrected chi connectivity index (χ3v) is 4.18. The fourth-order valence-electron chi connectivity index (χ4n) is 1.75. The zero-order valence-electron chi connectivity index (χ0n) is 11.1. The van der Waals surface area contributed by atoms with E-state index in [9.17, 15) is 21.6 Å². The fraction of sp³-hybridized carbons (Fsp3) is 0.250. The van der Waals surface area contributed by atoms with Crippen LogP contribution in [0.1, 0.15) is 23.4 Å². The van der Waals surface area contributed by atoms with Gasteiger partial charge in [-0.25, -0.2) is 21.6 Å². The van der Waals surface area contributed by atoms with Gasteiger partial charge in [-0.15, -0.1) is 0 Å². The molecule has 0 amide bonds. The lowest BCUT2D eigenvalue weighted by Crippen LogP contribution is -2.16. The maximum Gasteiger partial charge on any atom is 0.284 e. The lowest BCUT2D eigenvalue weighted by atomic mass is 10.2. The highest BCUT2D eigenvalue weighted by Gasteiger charge is 2.25. The number of H-pyrrole nitrogens is 1. The van der Waals surface area contributed by atoms with Crippen LogP contribution >= 0.6 is 0 Å². The third kappa shape index (κ3) is 3.02. The van der Waals surface area contributed by atoms with Crippen molar-refractivity contribution in [3.63, 3.8) is 0 Å². The molecule has 0 bridgehead atoms. The van der Waals surface area contributed by atoms with Crippen molar-refractivity contribution in [1.29, 1.82) is 0 Å². The Kier molecular flexibility index (Phi) is 3.95. The standard InChI is InChI=1S/C12H12F3N3O2S/c1-6-3-4-9(8(13)5-6)21(19,20)18-10-7(2)16-17-11(10)12(14)15/h3-5,12,18H,1-2H3,(H,16,17). The van der Waals surface area contributed by atoms with E-state index in [0.717, 1.165) is 12.1 Å². The second-order valence-corrected chi connectivity index (χ2v) is 6.10. The molecular formula is C12H12F3N3O2S. The molecule has 1 aromatic heterocycles. The highest BCUT2D eigenvalue weighted by molar-refractivity contribution is 7.92. The summed E-state index contributed by atoms with van der Waals surface area (Å²) in [5.41, 5.74) is -0.450. The van der Waals surface area contributed by atoms with Gasteiger partial charge in [0, 0.05) is 0 Å². The first-order valence-electron chi connectivity index (χ1n) is 5.84. The van der Waals surface area contributed by atoms with Crippen molar-refractivity contribution >= 4 is 15.7 Å². The largest absolute Gasteiger partial charge is 0.284 e. The summed E-state index contributed by atoms with van der Waals surface area (Å²) in [5.74, 6) is -0.956. The molecule has 1 heterocycles. The van der Waals surface area contributed by atoms with Crippen LogP contribution in [0.25, 0.3) is 0 Å². The molecule has 9 heteroatoms. The van der Waals surface area contributed by atoms with Gasteiger partial charge >= 0.3 is 0 Å². The summed E-state index contributed by atoms with van der Waals surface area (Å²) in [7, 11) is -4.33. The Morgan fingerprint density at radius 2 is 1.95 bits per heavy atom. The molecule has 0 aliphatic carbocycles. The molecule has 2 N–H and O–H groups in total. The van der Waals surface area contributed by atoms with Crippen LogP contribution in [0, 0.1) is 19.7 Å². The molecule has 0 saturated carbocycles. The normalized spacial score (nSPS) is 11.9. The number of anilines is 1. The summed E-state index contributed by atoms with van der Waals surface area (Å²) >= 11 is 0. The van der Waals surface area contributed by atoms with Crippen LogP contribution in [-0.2, 0) is 10.0 Å². The van der Waals surface area contributed by atoms with E-state index in [-0.39, 0.29) is 11.4 Å². The SMILES string of the molecule is Cc1ccc(S(=O)(=O)Nc2c(C(F)F)n[nH]c2C)c(F)c1. The zero-order chi connectivity index (χ0) is 15.8. The van der Waals surface area contributed by atoms with Crippen LogP contribution < -0.4 is 4.72 Å². The molecule has 2 rings (SSSR count). The van der Waals surface area contributed by atoms with Crippen molar-refractivity contribution in [2.24, 2.45) is 0 Å². The molecule has 0 atom stereocenters. The van der Waals surface area contributed by atoms with Crippen molar-refractivity contribution in [1.82, 2.24) is 10.2 Å². The summed E-state index contributed by atoms with van der Waals surface area (Å²) in [6, 6.07) is 3.53. The van der Waals surface area contributed by atoms with E-state index in [1.165, 1.54) is 13.0 Å². The Morgan fingerprint density at radius 1 is 1.29 bits per heavy atom. The average molecular weight is 319 g/mol. The highest BCUT2D eigenvalue weighted by Crippen LogP contribution is 2.29.